The van der Waals surface area contributed by atoms with Gasteiger partial charge in [-0.3, -0.25) is 0 Å². The van der Waals surface area contributed by atoms with E-state index in [2.05, 4.69) is 0 Å². The maximum absolute atomic E-state index is 13.8. The highest BCUT2D eigenvalue weighted by Gasteiger charge is 2.25. The molecule has 2 N–H and O–H groups in total. The number of alkyl halides is 1. The van der Waals surface area contributed by atoms with Crippen LogP contribution in [0.1, 0.15) is 32.5 Å². The number of hydrogen-bond donors (Lipinski definition) is 1. The number of halogens is 1. The molecule has 1 aromatic rings. The van der Waals surface area contributed by atoms with Crippen molar-refractivity contribution < 1.29 is 4.39 Å². The van der Waals surface area contributed by atoms with Crippen molar-refractivity contribution >= 4 is 5.69 Å². The number of hydrogen-bond acceptors (Lipinski definition) is 1. The molecule has 0 spiro atoms. The number of nitrogens with two attached hydrogens (primary N) is 1. The molecule has 1 rings (SSSR count). The van der Waals surface area contributed by atoms with Gasteiger partial charge in [0.05, 0.1) is 0 Å². The topological polar surface area (TPSA) is 26.0 Å². The minimum Gasteiger partial charge on any atom is -0.399 e. The van der Waals surface area contributed by atoms with Gasteiger partial charge in [-0.15, -0.1) is 0 Å². The molecule has 0 aliphatic carbocycles. The molecule has 0 radical (unpaired) electrons. The molecular formula is C11H16FN. The van der Waals surface area contributed by atoms with Gasteiger partial charge >= 0.3 is 0 Å². The average molecular weight is 181 g/mol. The van der Waals surface area contributed by atoms with Gasteiger partial charge in [0.25, 0.3) is 0 Å². The van der Waals surface area contributed by atoms with Gasteiger partial charge in [-0.05, 0) is 23.1 Å². The summed E-state index contributed by atoms with van der Waals surface area (Å²) in [6, 6.07) is 7.00. The highest BCUT2D eigenvalue weighted by atomic mass is 19.1. The van der Waals surface area contributed by atoms with Gasteiger partial charge in [-0.2, -0.15) is 0 Å². The summed E-state index contributed by atoms with van der Waals surface area (Å²) < 4.78 is 13.8. The van der Waals surface area contributed by atoms with E-state index in [0.29, 0.717) is 11.3 Å². The summed E-state index contributed by atoms with van der Waals surface area (Å²) in [4.78, 5) is 0. The predicted molar refractivity (Wildman–Crippen MR) is 54.2 cm³/mol. The molecule has 1 nitrogen and oxygen atoms in total. The third kappa shape index (κ3) is 2.44. The zero-order valence-corrected chi connectivity index (χ0v) is 8.34. The third-order valence-corrected chi connectivity index (χ3v) is 1.96. The van der Waals surface area contributed by atoms with E-state index < -0.39 is 6.17 Å². The summed E-state index contributed by atoms with van der Waals surface area (Å²) in [7, 11) is 0. The Morgan fingerprint density at radius 2 is 1.92 bits per heavy atom. The summed E-state index contributed by atoms with van der Waals surface area (Å²) in [5.41, 5.74) is 6.48. The van der Waals surface area contributed by atoms with Crippen LogP contribution in [0.2, 0.25) is 0 Å². The normalized spacial score (nSPS) is 14.2. The van der Waals surface area contributed by atoms with Crippen LogP contribution in [0.25, 0.3) is 0 Å². The van der Waals surface area contributed by atoms with Gasteiger partial charge in [0.15, 0.2) is 0 Å². The van der Waals surface area contributed by atoms with Crippen molar-refractivity contribution in [3.63, 3.8) is 0 Å². The molecule has 13 heavy (non-hydrogen) atoms. The summed E-state index contributed by atoms with van der Waals surface area (Å²) in [5, 5.41) is 0. The molecule has 0 saturated heterocycles. The second kappa shape index (κ2) is 3.36. The SMILES string of the molecule is CC(C)(C)C(F)c1cccc(N)c1. The first-order valence-corrected chi connectivity index (χ1v) is 4.41. The molecule has 72 valence electrons. The summed E-state index contributed by atoms with van der Waals surface area (Å²) in [6.07, 6.45) is -0.962. The minimum atomic E-state index is -0.962. The van der Waals surface area contributed by atoms with Gasteiger partial charge in [-0.25, -0.2) is 4.39 Å². The van der Waals surface area contributed by atoms with Crippen LogP contribution < -0.4 is 5.73 Å². The Kier molecular flexibility index (Phi) is 2.60. The van der Waals surface area contributed by atoms with Gasteiger partial charge in [0.2, 0.25) is 0 Å². The molecule has 2 heteroatoms. The lowest BCUT2D eigenvalue weighted by Gasteiger charge is -2.23. The fourth-order valence-electron chi connectivity index (χ4n) is 1.22. The van der Waals surface area contributed by atoms with Gasteiger partial charge in [0.1, 0.15) is 6.17 Å². The van der Waals surface area contributed by atoms with Gasteiger partial charge in [-0.1, -0.05) is 32.9 Å². The smallest absolute Gasteiger partial charge is 0.130 e. The lowest BCUT2D eigenvalue weighted by atomic mass is 9.86. The number of benzene rings is 1. The first kappa shape index (κ1) is 10.0. The first-order chi connectivity index (χ1) is 5.91. The van der Waals surface area contributed by atoms with E-state index in [1.165, 1.54) is 0 Å². The van der Waals surface area contributed by atoms with E-state index >= 15 is 0 Å². The highest BCUT2D eigenvalue weighted by molar-refractivity contribution is 5.41. The molecule has 0 heterocycles. The fourth-order valence-corrected chi connectivity index (χ4v) is 1.22. The first-order valence-electron chi connectivity index (χ1n) is 4.41. The van der Waals surface area contributed by atoms with Crippen LogP contribution in [0.5, 0.6) is 0 Å². The Labute approximate surface area is 78.8 Å². The molecule has 0 aliphatic heterocycles. The predicted octanol–water partition coefficient (Wildman–Crippen LogP) is 3.33. The molecule has 0 aromatic heterocycles. The molecule has 0 saturated carbocycles. The lowest BCUT2D eigenvalue weighted by Crippen LogP contribution is -2.14. The Hall–Kier alpha value is -1.05. The van der Waals surface area contributed by atoms with Gasteiger partial charge in [0, 0.05) is 5.69 Å². The molecular weight excluding hydrogens is 165 g/mol. The molecule has 0 amide bonds. The average Bonchev–Trinajstić information content (AvgIpc) is 2.01. The molecule has 1 aromatic carbocycles. The van der Waals surface area contributed by atoms with Crippen molar-refractivity contribution in [2.75, 3.05) is 5.73 Å². The monoisotopic (exact) mass is 181 g/mol. The van der Waals surface area contributed by atoms with E-state index in [4.69, 9.17) is 5.73 Å². The van der Waals surface area contributed by atoms with Crippen molar-refractivity contribution in [1.82, 2.24) is 0 Å². The molecule has 1 atom stereocenters. The van der Waals surface area contributed by atoms with Crippen molar-refractivity contribution in [1.29, 1.82) is 0 Å². The zero-order valence-electron chi connectivity index (χ0n) is 8.34. The maximum atomic E-state index is 13.8. The third-order valence-electron chi connectivity index (χ3n) is 1.96. The van der Waals surface area contributed by atoms with Crippen LogP contribution in [0.3, 0.4) is 0 Å². The van der Waals surface area contributed by atoms with Crippen LogP contribution in [0.4, 0.5) is 10.1 Å². The number of anilines is 1. The Morgan fingerprint density at radius 3 is 2.38 bits per heavy atom. The molecule has 0 fully saturated rings. The van der Waals surface area contributed by atoms with E-state index in [1.54, 1.807) is 24.3 Å². The lowest BCUT2D eigenvalue weighted by molar-refractivity contribution is 0.165. The second-order valence-corrected chi connectivity index (χ2v) is 4.40. The Bertz CT molecular complexity index is 288. The molecule has 0 bridgehead atoms. The van der Waals surface area contributed by atoms with Crippen LogP contribution in [-0.4, -0.2) is 0 Å². The number of nitrogen functional groups attached to an aromatic ring is 1. The Morgan fingerprint density at radius 1 is 1.31 bits per heavy atom. The highest BCUT2D eigenvalue weighted by Crippen LogP contribution is 2.36. The molecule has 0 aliphatic rings. The molecule has 1 unspecified atom stereocenters. The Balaban J connectivity index is 2.96. The maximum Gasteiger partial charge on any atom is 0.130 e. The van der Waals surface area contributed by atoms with Crippen molar-refractivity contribution in [2.45, 2.75) is 26.9 Å². The van der Waals surface area contributed by atoms with Crippen molar-refractivity contribution in [3.8, 4) is 0 Å². The standard InChI is InChI=1S/C11H16FN/c1-11(2,3)10(12)8-5-4-6-9(13)7-8/h4-7,10H,13H2,1-3H3. The summed E-state index contributed by atoms with van der Waals surface area (Å²) in [6.45, 7) is 5.63. The van der Waals surface area contributed by atoms with E-state index in [9.17, 15) is 4.39 Å². The minimum absolute atomic E-state index is 0.367. The van der Waals surface area contributed by atoms with E-state index in [-0.39, 0.29) is 5.41 Å². The van der Waals surface area contributed by atoms with Crippen LogP contribution in [-0.2, 0) is 0 Å². The largest absolute Gasteiger partial charge is 0.399 e. The van der Waals surface area contributed by atoms with Crippen LogP contribution in [0.15, 0.2) is 24.3 Å². The summed E-state index contributed by atoms with van der Waals surface area (Å²) >= 11 is 0. The second-order valence-electron chi connectivity index (χ2n) is 4.40. The van der Waals surface area contributed by atoms with Crippen LogP contribution >= 0.6 is 0 Å². The van der Waals surface area contributed by atoms with Crippen LogP contribution in [0, 0.1) is 5.41 Å². The van der Waals surface area contributed by atoms with E-state index in [1.807, 2.05) is 20.8 Å². The van der Waals surface area contributed by atoms with Gasteiger partial charge < -0.3 is 5.73 Å². The number of rotatable bonds is 1. The summed E-state index contributed by atoms with van der Waals surface area (Å²) in [5.74, 6) is 0. The quantitative estimate of drug-likeness (QED) is 0.661. The van der Waals surface area contributed by atoms with Crippen molar-refractivity contribution in [3.05, 3.63) is 29.8 Å². The van der Waals surface area contributed by atoms with E-state index in [0.717, 1.165) is 0 Å². The zero-order chi connectivity index (χ0) is 10.1. The van der Waals surface area contributed by atoms with Crippen molar-refractivity contribution in [2.24, 2.45) is 5.41 Å². The fraction of sp³-hybridized carbons (Fsp3) is 0.455.